The van der Waals surface area contributed by atoms with Gasteiger partial charge in [-0.3, -0.25) is 9.78 Å². The Morgan fingerprint density at radius 1 is 0.912 bits per heavy atom. The van der Waals surface area contributed by atoms with Crippen molar-refractivity contribution in [3.05, 3.63) is 107 Å². The van der Waals surface area contributed by atoms with Gasteiger partial charge in [0.05, 0.1) is 11.3 Å². The summed E-state index contributed by atoms with van der Waals surface area (Å²) in [6, 6.07) is 25.2. The number of rotatable bonds is 6. The zero-order chi connectivity index (χ0) is 23.3. The van der Waals surface area contributed by atoms with Crippen LogP contribution in [0.15, 0.2) is 85.2 Å². The van der Waals surface area contributed by atoms with Crippen LogP contribution >= 0.6 is 0 Å². The molecule has 1 amide bonds. The Hall–Kier alpha value is -3.70. The minimum absolute atomic E-state index is 0.0519. The van der Waals surface area contributed by atoms with Gasteiger partial charge in [0, 0.05) is 38.6 Å². The quantitative estimate of drug-likeness (QED) is 0.417. The second kappa shape index (κ2) is 10.1. The van der Waals surface area contributed by atoms with Crippen LogP contribution in [0.5, 0.6) is 0 Å². The summed E-state index contributed by atoms with van der Waals surface area (Å²) in [7, 11) is 0. The Morgan fingerprint density at radius 2 is 1.74 bits per heavy atom. The summed E-state index contributed by atoms with van der Waals surface area (Å²) < 4.78 is 0. The number of likely N-dealkylation sites (tertiary alicyclic amines) is 1. The maximum atomic E-state index is 13.2. The molecule has 5 heteroatoms. The zero-order valence-electron chi connectivity index (χ0n) is 19.3. The monoisotopic (exact) mass is 450 g/mol. The first-order valence-electron chi connectivity index (χ1n) is 11.9. The van der Waals surface area contributed by atoms with Gasteiger partial charge in [0.25, 0.3) is 5.91 Å². The number of nitrogens with two attached hydrogens (primary N) is 1. The molecular weight excluding hydrogens is 420 g/mol. The van der Waals surface area contributed by atoms with Crippen LogP contribution in [-0.4, -0.2) is 28.9 Å². The fourth-order valence-corrected chi connectivity index (χ4v) is 4.78. The molecule has 4 aromatic rings. The number of anilines is 1. The molecule has 0 atom stereocenters. The van der Waals surface area contributed by atoms with Crippen molar-refractivity contribution in [2.75, 3.05) is 18.4 Å². The fraction of sp³-hybridized carbons (Fsp3) is 0.241. The minimum atomic E-state index is 0.0519. The van der Waals surface area contributed by atoms with Gasteiger partial charge in [-0.15, -0.1) is 0 Å². The average Bonchev–Trinajstić information content (AvgIpc) is 2.91. The van der Waals surface area contributed by atoms with E-state index in [0.29, 0.717) is 24.6 Å². The molecule has 1 saturated heterocycles. The number of pyridine rings is 1. The molecule has 34 heavy (non-hydrogen) atoms. The van der Waals surface area contributed by atoms with Crippen LogP contribution in [0, 0.1) is 0 Å². The Balaban J connectivity index is 1.20. The summed E-state index contributed by atoms with van der Waals surface area (Å²) in [6.07, 6.45) is 5.37. The molecule has 3 aromatic carbocycles. The standard InChI is InChI=1S/C29H30N4O/c30-17-21-4-3-7-26(14-21)24-10-12-33(13-11-24)29(34)27-16-28(20-31-19-27)32-18-22-8-9-23-5-1-2-6-25(23)15-22/h1-9,14-16,19-20,24,32H,10-13,17-18,30H2. The lowest BCUT2D eigenvalue weighted by atomic mass is 9.88. The van der Waals surface area contributed by atoms with Crippen LogP contribution in [0.3, 0.4) is 0 Å². The van der Waals surface area contributed by atoms with Crippen molar-refractivity contribution in [2.45, 2.75) is 31.8 Å². The number of nitrogens with one attached hydrogen (secondary N) is 1. The summed E-state index contributed by atoms with van der Waals surface area (Å²) in [5.74, 6) is 0.527. The highest BCUT2D eigenvalue weighted by Crippen LogP contribution is 2.29. The fourth-order valence-electron chi connectivity index (χ4n) is 4.78. The van der Waals surface area contributed by atoms with Crippen LogP contribution in [-0.2, 0) is 13.1 Å². The topological polar surface area (TPSA) is 71.2 Å². The van der Waals surface area contributed by atoms with Gasteiger partial charge in [-0.05, 0) is 58.4 Å². The molecule has 0 aliphatic carbocycles. The third kappa shape index (κ3) is 4.95. The summed E-state index contributed by atoms with van der Waals surface area (Å²) in [5, 5.41) is 5.88. The molecule has 1 aliphatic heterocycles. The summed E-state index contributed by atoms with van der Waals surface area (Å²) >= 11 is 0. The van der Waals surface area contributed by atoms with Gasteiger partial charge in [-0.2, -0.15) is 0 Å². The van der Waals surface area contributed by atoms with Crippen molar-refractivity contribution in [1.29, 1.82) is 0 Å². The summed E-state index contributed by atoms with van der Waals surface area (Å²) in [4.78, 5) is 19.4. The van der Waals surface area contributed by atoms with Crippen LogP contribution in [0.2, 0.25) is 0 Å². The van der Waals surface area contributed by atoms with E-state index in [1.54, 1.807) is 12.4 Å². The molecule has 5 rings (SSSR count). The first-order valence-corrected chi connectivity index (χ1v) is 11.9. The molecule has 172 valence electrons. The number of carbonyl (C=O) groups excluding carboxylic acids is 1. The Kier molecular flexibility index (Phi) is 6.54. The van der Waals surface area contributed by atoms with E-state index in [-0.39, 0.29) is 5.91 Å². The van der Waals surface area contributed by atoms with Gasteiger partial charge in [-0.1, -0.05) is 60.7 Å². The average molecular weight is 451 g/mol. The molecule has 0 bridgehead atoms. The third-order valence-electron chi connectivity index (χ3n) is 6.74. The van der Waals surface area contributed by atoms with E-state index in [2.05, 4.69) is 77.0 Å². The highest BCUT2D eigenvalue weighted by atomic mass is 16.2. The molecule has 0 saturated carbocycles. The molecule has 1 aromatic heterocycles. The van der Waals surface area contributed by atoms with Crippen molar-refractivity contribution >= 4 is 22.4 Å². The number of carbonyl (C=O) groups is 1. The maximum Gasteiger partial charge on any atom is 0.255 e. The first-order chi connectivity index (χ1) is 16.7. The number of hydrogen-bond acceptors (Lipinski definition) is 4. The van der Waals surface area contributed by atoms with E-state index >= 15 is 0 Å². The predicted molar refractivity (Wildman–Crippen MR) is 138 cm³/mol. The smallest absolute Gasteiger partial charge is 0.255 e. The second-order valence-electron chi connectivity index (χ2n) is 9.01. The number of piperidine rings is 1. The van der Waals surface area contributed by atoms with E-state index in [4.69, 9.17) is 5.73 Å². The number of amides is 1. The zero-order valence-corrected chi connectivity index (χ0v) is 19.3. The van der Waals surface area contributed by atoms with Gasteiger partial charge >= 0.3 is 0 Å². The lowest BCUT2D eigenvalue weighted by Gasteiger charge is -2.32. The second-order valence-corrected chi connectivity index (χ2v) is 9.01. The van der Waals surface area contributed by atoms with Gasteiger partial charge in [0.2, 0.25) is 0 Å². The Labute approximate surface area is 200 Å². The summed E-state index contributed by atoms with van der Waals surface area (Å²) in [6.45, 7) is 2.75. The van der Waals surface area contributed by atoms with Crippen LogP contribution in [0.25, 0.3) is 10.8 Å². The lowest BCUT2D eigenvalue weighted by molar-refractivity contribution is 0.0712. The molecule has 2 heterocycles. The normalized spacial score (nSPS) is 14.3. The molecule has 1 aliphatic rings. The van der Waals surface area contributed by atoms with Gasteiger partial charge < -0.3 is 16.0 Å². The van der Waals surface area contributed by atoms with Gasteiger partial charge in [0.15, 0.2) is 0 Å². The van der Waals surface area contributed by atoms with Crippen molar-refractivity contribution < 1.29 is 4.79 Å². The third-order valence-corrected chi connectivity index (χ3v) is 6.74. The SMILES string of the molecule is NCc1cccc(C2CCN(C(=O)c3cncc(NCc4ccc5ccccc5c4)c3)CC2)c1. The highest BCUT2D eigenvalue weighted by molar-refractivity contribution is 5.94. The first kappa shape index (κ1) is 22.1. The van der Waals surface area contributed by atoms with E-state index in [1.807, 2.05) is 11.0 Å². The number of nitrogens with zero attached hydrogens (tertiary/aromatic N) is 2. The number of aromatic nitrogens is 1. The van der Waals surface area contributed by atoms with Gasteiger partial charge in [0.1, 0.15) is 0 Å². The van der Waals surface area contributed by atoms with Crippen LogP contribution < -0.4 is 11.1 Å². The molecule has 0 unspecified atom stereocenters. The largest absolute Gasteiger partial charge is 0.380 e. The van der Waals surface area contributed by atoms with Gasteiger partial charge in [-0.25, -0.2) is 0 Å². The Bertz CT molecular complexity index is 1290. The summed E-state index contributed by atoms with van der Waals surface area (Å²) in [5.41, 5.74) is 11.0. The molecule has 3 N–H and O–H groups in total. The maximum absolute atomic E-state index is 13.2. The number of benzene rings is 3. The molecule has 0 spiro atoms. The van der Waals surface area contributed by atoms with Crippen LogP contribution in [0.4, 0.5) is 5.69 Å². The predicted octanol–water partition coefficient (Wildman–Crippen LogP) is 5.33. The van der Waals surface area contributed by atoms with E-state index in [1.165, 1.54) is 21.9 Å². The van der Waals surface area contributed by atoms with Crippen molar-refractivity contribution in [3.63, 3.8) is 0 Å². The van der Waals surface area contributed by atoms with Crippen molar-refractivity contribution in [3.8, 4) is 0 Å². The number of hydrogen-bond donors (Lipinski definition) is 2. The molecule has 0 radical (unpaired) electrons. The Morgan fingerprint density at radius 3 is 2.56 bits per heavy atom. The number of fused-ring (bicyclic) bond motifs is 1. The van der Waals surface area contributed by atoms with Crippen LogP contribution in [0.1, 0.15) is 45.8 Å². The molecular formula is C29H30N4O. The van der Waals surface area contributed by atoms with E-state index < -0.39 is 0 Å². The van der Waals surface area contributed by atoms with Crippen molar-refractivity contribution in [1.82, 2.24) is 9.88 Å². The van der Waals surface area contributed by atoms with E-state index in [0.717, 1.165) is 37.2 Å². The minimum Gasteiger partial charge on any atom is -0.380 e. The molecule has 1 fully saturated rings. The highest BCUT2D eigenvalue weighted by Gasteiger charge is 2.25. The lowest BCUT2D eigenvalue weighted by Crippen LogP contribution is -2.38. The van der Waals surface area contributed by atoms with Crippen molar-refractivity contribution in [2.24, 2.45) is 5.73 Å². The van der Waals surface area contributed by atoms with E-state index in [9.17, 15) is 4.79 Å². The molecule has 5 nitrogen and oxygen atoms in total.